The van der Waals surface area contributed by atoms with Crippen LogP contribution in [0.5, 0.6) is 0 Å². The van der Waals surface area contributed by atoms with Crippen LogP contribution < -0.4 is 16.0 Å². The topological polar surface area (TPSA) is 128 Å². The van der Waals surface area contributed by atoms with E-state index in [4.69, 9.17) is 5.73 Å². The Morgan fingerprint density at radius 1 is 1.47 bits per heavy atom. The molecule has 2 aromatic heterocycles. The second-order valence-corrected chi connectivity index (χ2v) is 3.67. The lowest BCUT2D eigenvalue weighted by atomic mass is 10.5. The molecule has 10 heteroatoms. The summed E-state index contributed by atoms with van der Waals surface area (Å²) in [5.41, 5.74) is 5.14. The van der Waals surface area contributed by atoms with E-state index >= 15 is 0 Å². The van der Waals surface area contributed by atoms with Crippen molar-refractivity contribution in [3.05, 3.63) is 12.7 Å². The summed E-state index contributed by atoms with van der Waals surface area (Å²) in [5, 5.41) is 6.75. The number of primary amides is 1. The molecule has 0 aliphatic rings. The van der Waals surface area contributed by atoms with Crippen molar-refractivity contribution in [1.29, 1.82) is 0 Å². The van der Waals surface area contributed by atoms with Crippen LogP contribution in [-0.4, -0.2) is 56.3 Å². The maximum Gasteiger partial charge on any atom is 0.258 e. The highest BCUT2D eigenvalue weighted by atomic mass is 16.1. The van der Waals surface area contributed by atoms with Crippen LogP contribution in [0.1, 0.15) is 0 Å². The molecule has 2 rings (SSSR count). The summed E-state index contributed by atoms with van der Waals surface area (Å²) >= 11 is 0. The van der Waals surface area contributed by atoms with Gasteiger partial charge < -0.3 is 16.0 Å². The van der Waals surface area contributed by atoms with Crippen LogP contribution in [0.3, 0.4) is 0 Å². The Morgan fingerprint density at radius 3 is 2.84 bits per heavy atom. The van der Waals surface area contributed by atoms with Crippen molar-refractivity contribution in [2.45, 2.75) is 0 Å². The molecule has 0 fully saturated rings. The molecule has 2 aromatic rings. The van der Waals surface area contributed by atoms with Crippen LogP contribution >= 0.6 is 0 Å². The Bertz CT molecular complexity index is 567. The molecule has 0 saturated carbocycles. The third-order valence-corrected chi connectivity index (χ3v) is 2.19. The molecule has 0 unspecified atom stereocenters. The van der Waals surface area contributed by atoms with Crippen LogP contribution in [0.2, 0.25) is 0 Å². The molecule has 0 aliphatic heterocycles. The van der Waals surface area contributed by atoms with Crippen LogP contribution in [0.4, 0.5) is 11.9 Å². The first-order valence-electron chi connectivity index (χ1n) is 5.38. The third kappa shape index (κ3) is 2.91. The number of hydrogen-bond donors (Lipinski definition) is 2. The first-order chi connectivity index (χ1) is 9.10. The molecule has 2 heterocycles. The predicted molar refractivity (Wildman–Crippen MR) is 66.8 cm³/mol. The molecule has 0 spiro atoms. The van der Waals surface area contributed by atoms with Gasteiger partial charge in [-0.05, 0) is 0 Å². The molecule has 0 radical (unpaired) electrons. The molecule has 0 saturated heterocycles. The number of likely N-dealkylation sites (N-methyl/N-ethyl adjacent to an activating group) is 1. The monoisotopic (exact) mass is 263 g/mol. The third-order valence-electron chi connectivity index (χ3n) is 2.19. The Hall–Kier alpha value is -2.78. The fourth-order valence-electron chi connectivity index (χ4n) is 1.35. The zero-order valence-electron chi connectivity index (χ0n) is 10.5. The van der Waals surface area contributed by atoms with Crippen molar-refractivity contribution in [2.24, 2.45) is 5.73 Å². The number of carbonyl (C=O) groups excluding carboxylic acids is 1. The Kier molecular flexibility index (Phi) is 3.50. The van der Waals surface area contributed by atoms with Crippen molar-refractivity contribution >= 4 is 17.8 Å². The summed E-state index contributed by atoms with van der Waals surface area (Å²) in [7, 11) is 3.34. The minimum Gasteiger partial charge on any atom is -0.368 e. The smallest absolute Gasteiger partial charge is 0.258 e. The van der Waals surface area contributed by atoms with Gasteiger partial charge in [0, 0.05) is 14.1 Å². The van der Waals surface area contributed by atoms with Crippen molar-refractivity contribution in [1.82, 2.24) is 29.7 Å². The van der Waals surface area contributed by atoms with E-state index in [0.29, 0.717) is 17.8 Å². The molecule has 19 heavy (non-hydrogen) atoms. The van der Waals surface area contributed by atoms with Gasteiger partial charge >= 0.3 is 0 Å². The number of rotatable bonds is 5. The van der Waals surface area contributed by atoms with E-state index in [0.717, 1.165) is 0 Å². The molecule has 100 valence electrons. The molecule has 3 N–H and O–H groups in total. The first kappa shape index (κ1) is 12.7. The minimum atomic E-state index is -0.476. The van der Waals surface area contributed by atoms with Gasteiger partial charge in [-0.25, -0.2) is 4.98 Å². The Morgan fingerprint density at radius 2 is 2.26 bits per heavy atom. The van der Waals surface area contributed by atoms with Gasteiger partial charge in [0.15, 0.2) is 0 Å². The van der Waals surface area contributed by atoms with Crippen molar-refractivity contribution in [3.63, 3.8) is 0 Å². The zero-order valence-corrected chi connectivity index (χ0v) is 10.5. The average Bonchev–Trinajstić information content (AvgIpc) is 2.91. The molecule has 0 aliphatic carbocycles. The second-order valence-electron chi connectivity index (χ2n) is 3.67. The highest BCUT2D eigenvalue weighted by Crippen LogP contribution is 2.10. The lowest BCUT2D eigenvalue weighted by Crippen LogP contribution is -2.32. The van der Waals surface area contributed by atoms with Gasteiger partial charge in [0.05, 0.1) is 6.54 Å². The van der Waals surface area contributed by atoms with Gasteiger partial charge in [-0.3, -0.25) is 4.79 Å². The number of hydrogen-bond acceptors (Lipinski definition) is 8. The number of nitrogens with zero attached hydrogens (tertiary/aromatic N) is 7. The Balaban J connectivity index is 2.38. The zero-order chi connectivity index (χ0) is 13.8. The number of anilines is 2. The van der Waals surface area contributed by atoms with Gasteiger partial charge in [0.2, 0.25) is 17.8 Å². The number of nitrogens with two attached hydrogens (primary N) is 1. The fraction of sp³-hybridized carbons (Fsp3) is 0.333. The van der Waals surface area contributed by atoms with Gasteiger partial charge in [0.1, 0.15) is 12.7 Å². The lowest BCUT2D eigenvalue weighted by Gasteiger charge is -2.15. The van der Waals surface area contributed by atoms with E-state index in [1.165, 1.54) is 22.2 Å². The maximum absolute atomic E-state index is 10.9. The summed E-state index contributed by atoms with van der Waals surface area (Å²) in [6, 6.07) is 0. The molecular formula is C9H13N9O. The van der Waals surface area contributed by atoms with Crippen molar-refractivity contribution < 1.29 is 4.79 Å². The summed E-state index contributed by atoms with van der Waals surface area (Å²) in [6.07, 6.45) is 2.84. The average molecular weight is 263 g/mol. The molecule has 0 bridgehead atoms. The number of amides is 1. The highest BCUT2D eigenvalue weighted by molar-refractivity contribution is 5.78. The van der Waals surface area contributed by atoms with E-state index in [1.807, 2.05) is 0 Å². The van der Waals surface area contributed by atoms with E-state index in [-0.39, 0.29) is 6.54 Å². The maximum atomic E-state index is 10.9. The van der Waals surface area contributed by atoms with Gasteiger partial charge in [0.25, 0.3) is 5.95 Å². The fourth-order valence-corrected chi connectivity index (χ4v) is 1.35. The quantitative estimate of drug-likeness (QED) is 0.661. The van der Waals surface area contributed by atoms with Crippen molar-refractivity contribution in [2.75, 3.05) is 30.9 Å². The second kappa shape index (κ2) is 5.25. The number of carbonyl (C=O) groups is 1. The summed E-state index contributed by atoms with van der Waals surface area (Å²) < 4.78 is 1.39. The Labute approximate surface area is 108 Å². The van der Waals surface area contributed by atoms with Crippen LogP contribution in [-0.2, 0) is 4.79 Å². The lowest BCUT2D eigenvalue weighted by molar-refractivity contribution is -0.116. The van der Waals surface area contributed by atoms with E-state index < -0.39 is 5.91 Å². The van der Waals surface area contributed by atoms with Gasteiger partial charge in [-0.15, -0.1) is 0 Å². The highest BCUT2D eigenvalue weighted by Gasteiger charge is 2.12. The molecular weight excluding hydrogens is 250 g/mol. The van der Waals surface area contributed by atoms with Gasteiger partial charge in [-0.2, -0.15) is 24.7 Å². The summed E-state index contributed by atoms with van der Waals surface area (Å²) in [4.78, 5) is 28.7. The normalized spacial score (nSPS) is 10.2. The standard InChI is InChI=1S/C9H13N9O/c1-11-7-14-8(17(2)3-6(10)19)16-9(15-7)18-5-12-4-13-18/h4-5H,3H2,1-2H3,(H2,10,19)(H,11,14,15,16). The van der Waals surface area contributed by atoms with Crippen molar-refractivity contribution in [3.8, 4) is 5.95 Å². The first-order valence-corrected chi connectivity index (χ1v) is 5.38. The molecule has 0 aromatic carbocycles. The largest absolute Gasteiger partial charge is 0.368 e. The summed E-state index contributed by atoms with van der Waals surface area (Å²) in [6.45, 7) is 0.00393. The van der Waals surface area contributed by atoms with Crippen LogP contribution in [0.25, 0.3) is 5.95 Å². The summed E-state index contributed by atoms with van der Waals surface area (Å²) in [5.74, 6) is 0.481. The van der Waals surface area contributed by atoms with Crippen LogP contribution in [0.15, 0.2) is 12.7 Å². The van der Waals surface area contributed by atoms with E-state index in [2.05, 4.69) is 30.4 Å². The van der Waals surface area contributed by atoms with E-state index in [9.17, 15) is 4.79 Å². The molecule has 1 amide bonds. The van der Waals surface area contributed by atoms with E-state index in [1.54, 1.807) is 14.1 Å². The number of nitrogens with one attached hydrogen (secondary N) is 1. The minimum absolute atomic E-state index is 0.00393. The molecule has 0 atom stereocenters. The number of aromatic nitrogens is 6. The molecule has 10 nitrogen and oxygen atoms in total. The SMILES string of the molecule is CNc1nc(N(C)CC(N)=O)nc(-n2cncn2)n1. The van der Waals surface area contributed by atoms with Crippen LogP contribution in [0, 0.1) is 0 Å². The predicted octanol–water partition coefficient (Wildman–Crippen LogP) is -1.58. The van der Waals surface area contributed by atoms with Gasteiger partial charge in [-0.1, -0.05) is 0 Å².